The maximum absolute atomic E-state index is 10.8. The molecule has 98 valence electrons. The Hall–Kier alpha value is -2.09. The van der Waals surface area contributed by atoms with Crippen LogP contribution >= 0.6 is 0 Å². The minimum Gasteiger partial charge on any atom is -0.457 e. The molecule has 2 heteroatoms. The molecule has 2 aromatic carbocycles. The van der Waals surface area contributed by atoms with Crippen LogP contribution in [-0.4, -0.2) is 6.29 Å². The quantitative estimate of drug-likeness (QED) is 0.738. The lowest BCUT2D eigenvalue weighted by Gasteiger charge is -2.11. The molecule has 0 radical (unpaired) electrons. The van der Waals surface area contributed by atoms with Gasteiger partial charge in [-0.15, -0.1) is 0 Å². The van der Waals surface area contributed by atoms with Gasteiger partial charge in [0.05, 0.1) is 0 Å². The molecule has 0 N–H and O–H groups in total. The van der Waals surface area contributed by atoms with Gasteiger partial charge in [-0.25, -0.2) is 0 Å². The molecule has 0 aliphatic heterocycles. The Bertz CT molecular complexity index is 586. The zero-order chi connectivity index (χ0) is 13.8. The molecule has 2 nitrogen and oxygen atoms in total. The minimum atomic E-state index is 0.464. The van der Waals surface area contributed by atoms with Crippen LogP contribution in [0.5, 0.6) is 11.5 Å². The SMILES string of the molecule is Cc1ccc(C=O)cc1Oc1cccc(C(C)C)c1. The topological polar surface area (TPSA) is 26.3 Å². The third-order valence-electron chi connectivity index (χ3n) is 3.10. The fraction of sp³-hybridized carbons (Fsp3) is 0.235. The van der Waals surface area contributed by atoms with Crippen LogP contribution in [0.25, 0.3) is 0 Å². The lowest BCUT2D eigenvalue weighted by atomic mass is 10.0. The first-order valence-electron chi connectivity index (χ1n) is 6.44. The van der Waals surface area contributed by atoms with E-state index in [1.165, 1.54) is 5.56 Å². The van der Waals surface area contributed by atoms with Gasteiger partial charge in [0.2, 0.25) is 0 Å². The van der Waals surface area contributed by atoms with Gasteiger partial charge in [-0.05, 0) is 42.2 Å². The maximum Gasteiger partial charge on any atom is 0.150 e. The van der Waals surface area contributed by atoms with Gasteiger partial charge in [0.25, 0.3) is 0 Å². The van der Waals surface area contributed by atoms with Gasteiger partial charge < -0.3 is 4.74 Å². The summed E-state index contributed by atoms with van der Waals surface area (Å²) < 4.78 is 5.88. The summed E-state index contributed by atoms with van der Waals surface area (Å²) in [5, 5.41) is 0. The molecule has 0 saturated heterocycles. The molecule has 2 rings (SSSR count). The van der Waals surface area contributed by atoms with Gasteiger partial charge in [-0.3, -0.25) is 4.79 Å². The van der Waals surface area contributed by atoms with Crippen molar-refractivity contribution in [3.05, 3.63) is 59.2 Å². The maximum atomic E-state index is 10.8. The number of hydrogen-bond donors (Lipinski definition) is 0. The van der Waals surface area contributed by atoms with Crippen molar-refractivity contribution in [3.63, 3.8) is 0 Å². The van der Waals surface area contributed by atoms with E-state index in [0.717, 1.165) is 23.3 Å². The summed E-state index contributed by atoms with van der Waals surface area (Å²) in [4.78, 5) is 10.8. The van der Waals surface area contributed by atoms with Crippen molar-refractivity contribution in [2.24, 2.45) is 0 Å². The third-order valence-corrected chi connectivity index (χ3v) is 3.10. The van der Waals surface area contributed by atoms with E-state index < -0.39 is 0 Å². The zero-order valence-corrected chi connectivity index (χ0v) is 11.5. The van der Waals surface area contributed by atoms with Crippen LogP contribution in [0.15, 0.2) is 42.5 Å². The summed E-state index contributed by atoms with van der Waals surface area (Å²) >= 11 is 0. The summed E-state index contributed by atoms with van der Waals surface area (Å²) in [7, 11) is 0. The molecular weight excluding hydrogens is 236 g/mol. The Morgan fingerprint density at radius 1 is 1.11 bits per heavy atom. The molecule has 0 aromatic heterocycles. The predicted molar refractivity (Wildman–Crippen MR) is 77.2 cm³/mol. The molecule has 0 spiro atoms. The molecule has 0 fully saturated rings. The molecule has 0 aliphatic carbocycles. The monoisotopic (exact) mass is 254 g/mol. The van der Waals surface area contributed by atoms with Crippen molar-refractivity contribution in [3.8, 4) is 11.5 Å². The van der Waals surface area contributed by atoms with Crippen LogP contribution in [0, 0.1) is 6.92 Å². The number of benzene rings is 2. The third kappa shape index (κ3) is 3.22. The number of ether oxygens (including phenoxy) is 1. The number of aldehydes is 1. The van der Waals surface area contributed by atoms with Crippen LogP contribution in [0.4, 0.5) is 0 Å². The van der Waals surface area contributed by atoms with E-state index in [1.54, 1.807) is 12.1 Å². The first-order chi connectivity index (χ1) is 9.10. The number of carbonyl (C=O) groups excluding carboxylic acids is 1. The first kappa shape index (κ1) is 13.3. The normalized spacial score (nSPS) is 10.5. The Morgan fingerprint density at radius 3 is 2.58 bits per heavy atom. The molecule has 2 aromatic rings. The fourth-order valence-electron chi connectivity index (χ4n) is 1.86. The highest BCUT2D eigenvalue weighted by Crippen LogP contribution is 2.28. The van der Waals surface area contributed by atoms with Crippen LogP contribution < -0.4 is 4.74 Å². The number of rotatable bonds is 4. The Balaban J connectivity index is 2.30. The van der Waals surface area contributed by atoms with Gasteiger partial charge in [0, 0.05) is 5.56 Å². The van der Waals surface area contributed by atoms with Crippen molar-refractivity contribution in [1.29, 1.82) is 0 Å². The Kier molecular flexibility index (Phi) is 4.00. The van der Waals surface area contributed by atoms with Crippen molar-refractivity contribution < 1.29 is 9.53 Å². The highest BCUT2D eigenvalue weighted by Gasteiger charge is 2.05. The minimum absolute atomic E-state index is 0.464. The first-order valence-corrected chi connectivity index (χ1v) is 6.44. The molecule has 0 amide bonds. The fourth-order valence-corrected chi connectivity index (χ4v) is 1.86. The van der Waals surface area contributed by atoms with Gasteiger partial charge in [-0.2, -0.15) is 0 Å². The van der Waals surface area contributed by atoms with E-state index in [4.69, 9.17) is 4.74 Å². The molecule has 0 bridgehead atoms. The van der Waals surface area contributed by atoms with Crippen molar-refractivity contribution in [2.45, 2.75) is 26.7 Å². The predicted octanol–water partition coefficient (Wildman–Crippen LogP) is 4.72. The van der Waals surface area contributed by atoms with Gasteiger partial charge in [-0.1, -0.05) is 38.1 Å². The zero-order valence-electron chi connectivity index (χ0n) is 11.5. The summed E-state index contributed by atoms with van der Waals surface area (Å²) in [5.74, 6) is 1.99. The molecule has 0 aliphatic rings. The van der Waals surface area contributed by atoms with Crippen molar-refractivity contribution in [1.82, 2.24) is 0 Å². The highest BCUT2D eigenvalue weighted by atomic mass is 16.5. The molecule has 19 heavy (non-hydrogen) atoms. The summed E-state index contributed by atoms with van der Waals surface area (Å²) in [6, 6.07) is 13.5. The van der Waals surface area contributed by atoms with E-state index in [0.29, 0.717) is 11.5 Å². The van der Waals surface area contributed by atoms with Gasteiger partial charge in [0.15, 0.2) is 0 Å². The van der Waals surface area contributed by atoms with Gasteiger partial charge in [0.1, 0.15) is 17.8 Å². The smallest absolute Gasteiger partial charge is 0.150 e. The highest BCUT2D eigenvalue weighted by molar-refractivity contribution is 5.76. The molecule has 0 heterocycles. The van der Waals surface area contributed by atoms with Gasteiger partial charge >= 0.3 is 0 Å². The second-order valence-electron chi connectivity index (χ2n) is 4.97. The molecular formula is C17H18O2. The molecule has 0 atom stereocenters. The lowest BCUT2D eigenvalue weighted by molar-refractivity contribution is 0.112. The Labute approximate surface area is 114 Å². The number of carbonyl (C=O) groups is 1. The van der Waals surface area contributed by atoms with Crippen LogP contribution in [0.1, 0.15) is 41.3 Å². The van der Waals surface area contributed by atoms with E-state index in [1.807, 2.05) is 31.2 Å². The number of aryl methyl sites for hydroxylation is 1. The Morgan fingerprint density at radius 2 is 1.89 bits per heavy atom. The largest absolute Gasteiger partial charge is 0.457 e. The standard InChI is InChI=1S/C17H18O2/c1-12(2)15-5-4-6-16(10-15)19-17-9-14(11-18)8-7-13(17)3/h4-12H,1-3H3. The van der Waals surface area contributed by atoms with E-state index >= 15 is 0 Å². The summed E-state index contributed by atoms with van der Waals surface area (Å²) in [5.41, 5.74) is 2.88. The van der Waals surface area contributed by atoms with E-state index in [-0.39, 0.29) is 0 Å². The second-order valence-corrected chi connectivity index (χ2v) is 4.97. The van der Waals surface area contributed by atoms with E-state index in [9.17, 15) is 4.79 Å². The van der Waals surface area contributed by atoms with E-state index in [2.05, 4.69) is 19.9 Å². The van der Waals surface area contributed by atoms with Crippen LogP contribution in [-0.2, 0) is 0 Å². The van der Waals surface area contributed by atoms with Crippen LogP contribution in [0.2, 0.25) is 0 Å². The van der Waals surface area contributed by atoms with Crippen LogP contribution in [0.3, 0.4) is 0 Å². The number of hydrogen-bond acceptors (Lipinski definition) is 2. The summed E-state index contributed by atoms with van der Waals surface area (Å²) in [6.45, 7) is 6.27. The summed E-state index contributed by atoms with van der Waals surface area (Å²) in [6.07, 6.45) is 0.830. The average molecular weight is 254 g/mol. The second kappa shape index (κ2) is 5.70. The van der Waals surface area contributed by atoms with Crippen molar-refractivity contribution >= 4 is 6.29 Å². The molecule has 0 unspecified atom stereocenters. The average Bonchev–Trinajstić information content (AvgIpc) is 2.41. The van der Waals surface area contributed by atoms with Crippen molar-refractivity contribution in [2.75, 3.05) is 0 Å². The lowest BCUT2D eigenvalue weighted by Crippen LogP contribution is -1.92. The molecule has 0 saturated carbocycles.